The van der Waals surface area contributed by atoms with Gasteiger partial charge in [-0.1, -0.05) is 43.7 Å². The van der Waals surface area contributed by atoms with Crippen LogP contribution in [0.2, 0.25) is 0 Å². The predicted molar refractivity (Wildman–Crippen MR) is 95.7 cm³/mol. The molecule has 2 aromatic carbocycles. The van der Waals surface area contributed by atoms with Crippen LogP contribution in [0.1, 0.15) is 19.8 Å². The second-order valence-corrected chi connectivity index (χ2v) is 5.57. The van der Waals surface area contributed by atoms with Crippen molar-refractivity contribution in [2.75, 3.05) is 7.11 Å². The number of methoxy groups -OCH3 is 1. The summed E-state index contributed by atoms with van der Waals surface area (Å²) in [5.74, 6) is 0.804. The molecule has 0 atom stereocenters. The van der Waals surface area contributed by atoms with Gasteiger partial charge in [0.15, 0.2) is 5.69 Å². The Morgan fingerprint density at radius 3 is 2.58 bits per heavy atom. The van der Waals surface area contributed by atoms with Gasteiger partial charge in [0.2, 0.25) is 5.88 Å². The van der Waals surface area contributed by atoms with Gasteiger partial charge >= 0.3 is 0 Å². The fourth-order valence-corrected chi connectivity index (χ4v) is 2.73. The van der Waals surface area contributed by atoms with Crippen LogP contribution >= 0.6 is 0 Å². The highest BCUT2D eigenvalue weighted by Gasteiger charge is 2.16. The van der Waals surface area contributed by atoms with Gasteiger partial charge in [0.05, 0.1) is 12.6 Å². The number of benzene rings is 2. The van der Waals surface area contributed by atoms with E-state index in [1.165, 1.54) is 0 Å². The third kappa shape index (κ3) is 2.97. The SMILES string of the molecule is CCCCn1c(O)c(N=Nc2ccccc2OC)c2ccccc21. The van der Waals surface area contributed by atoms with Crippen molar-refractivity contribution in [1.29, 1.82) is 0 Å². The topological polar surface area (TPSA) is 59.1 Å². The summed E-state index contributed by atoms with van der Waals surface area (Å²) in [5.41, 5.74) is 2.09. The minimum absolute atomic E-state index is 0.156. The molecule has 24 heavy (non-hydrogen) atoms. The monoisotopic (exact) mass is 323 g/mol. The molecule has 5 nitrogen and oxygen atoms in total. The molecule has 0 radical (unpaired) electrons. The standard InChI is InChI=1S/C19H21N3O2/c1-3-4-13-22-16-11-7-5-9-14(16)18(19(22)23)21-20-15-10-6-8-12-17(15)24-2/h5-12,23H,3-4,13H2,1-2H3. The van der Waals surface area contributed by atoms with E-state index >= 15 is 0 Å². The second kappa shape index (κ2) is 7.17. The zero-order valence-electron chi connectivity index (χ0n) is 13.9. The maximum atomic E-state index is 10.6. The lowest BCUT2D eigenvalue weighted by Gasteiger charge is -2.05. The van der Waals surface area contributed by atoms with E-state index in [0.29, 0.717) is 17.1 Å². The Labute approximate surface area is 141 Å². The lowest BCUT2D eigenvalue weighted by atomic mass is 10.2. The van der Waals surface area contributed by atoms with Crippen molar-refractivity contribution in [3.8, 4) is 11.6 Å². The van der Waals surface area contributed by atoms with E-state index in [1.54, 1.807) is 7.11 Å². The Kier molecular flexibility index (Phi) is 4.79. The first kappa shape index (κ1) is 16.1. The van der Waals surface area contributed by atoms with Gasteiger partial charge in [-0.25, -0.2) is 0 Å². The third-order valence-corrected chi connectivity index (χ3v) is 4.00. The maximum Gasteiger partial charge on any atom is 0.220 e. The highest BCUT2D eigenvalue weighted by molar-refractivity contribution is 5.95. The first-order valence-corrected chi connectivity index (χ1v) is 8.11. The summed E-state index contributed by atoms with van der Waals surface area (Å²) in [5, 5.41) is 20.1. The van der Waals surface area contributed by atoms with Crippen molar-refractivity contribution < 1.29 is 9.84 Å². The Balaban J connectivity index is 2.06. The fourth-order valence-electron chi connectivity index (χ4n) is 2.73. The molecule has 0 saturated heterocycles. The van der Waals surface area contributed by atoms with Gasteiger partial charge in [0.25, 0.3) is 0 Å². The Hall–Kier alpha value is -2.82. The summed E-state index contributed by atoms with van der Waals surface area (Å²) in [4.78, 5) is 0. The zero-order valence-corrected chi connectivity index (χ0v) is 13.9. The number of para-hydroxylation sites is 2. The molecule has 1 heterocycles. The van der Waals surface area contributed by atoms with Gasteiger partial charge in [0.1, 0.15) is 11.4 Å². The number of unbranched alkanes of at least 4 members (excludes halogenated alkanes) is 1. The third-order valence-electron chi connectivity index (χ3n) is 4.00. The number of ether oxygens (including phenoxy) is 1. The molecule has 0 saturated carbocycles. The molecule has 0 spiro atoms. The second-order valence-electron chi connectivity index (χ2n) is 5.57. The van der Waals surface area contributed by atoms with Crippen LogP contribution in [0.15, 0.2) is 58.8 Å². The van der Waals surface area contributed by atoms with E-state index in [1.807, 2.05) is 53.1 Å². The number of rotatable bonds is 6. The Bertz CT molecular complexity index is 868. The normalized spacial score (nSPS) is 11.4. The van der Waals surface area contributed by atoms with E-state index in [0.717, 1.165) is 30.3 Å². The highest BCUT2D eigenvalue weighted by Crippen LogP contribution is 2.40. The quantitative estimate of drug-likeness (QED) is 0.603. The van der Waals surface area contributed by atoms with Gasteiger partial charge in [-0.15, -0.1) is 10.2 Å². The van der Waals surface area contributed by atoms with Crippen molar-refractivity contribution in [3.63, 3.8) is 0 Å². The molecule has 0 aliphatic heterocycles. The van der Waals surface area contributed by atoms with Crippen LogP contribution in [0.5, 0.6) is 11.6 Å². The molecule has 1 N–H and O–H groups in total. The molecule has 0 aliphatic rings. The average molecular weight is 323 g/mol. The van der Waals surface area contributed by atoms with Crippen LogP contribution in [0, 0.1) is 0 Å². The number of hydrogen-bond donors (Lipinski definition) is 1. The molecule has 0 aliphatic carbocycles. The predicted octanol–water partition coefficient (Wildman–Crippen LogP) is 5.57. The molecule has 0 fully saturated rings. The van der Waals surface area contributed by atoms with Gasteiger partial charge < -0.3 is 14.4 Å². The summed E-state index contributed by atoms with van der Waals surface area (Å²) in [6.45, 7) is 2.89. The van der Waals surface area contributed by atoms with Crippen molar-refractivity contribution in [3.05, 3.63) is 48.5 Å². The number of aromatic hydroxyl groups is 1. The summed E-state index contributed by atoms with van der Waals surface area (Å²) >= 11 is 0. The Morgan fingerprint density at radius 2 is 1.79 bits per heavy atom. The van der Waals surface area contributed by atoms with E-state index in [9.17, 15) is 5.11 Å². The Morgan fingerprint density at radius 1 is 1.04 bits per heavy atom. The molecule has 3 aromatic rings. The first-order valence-electron chi connectivity index (χ1n) is 8.11. The van der Waals surface area contributed by atoms with Crippen molar-refractivity contribution in [1.82, 2.24) is 4.57 Å². The molecule has 0 bridgehead atoms. The number of aryl methyl sites for hydroxylation is 1. The summed E-state index contributed by atoms with van der Waals surface area (Å²) in [6, 6.07) is 15.3. The lowest BCUT2D eigenvalue weighted by Crippen LogP contribution is -1.96. The highest BCUT2D eigenvalue weighted by atomic mass is 16.5. The largest absolute Gasteiger partial charge is 0.494 e. The molecule has 124 valence electrons. The average Bonchev–Trinajstić information content (AvgIpc) is 2.89. The molecular formula is C19H21N3O2. The van der Waals surface area contributed by atoms with Crippen LogP contribution in [0.25, 0.3) is 10.9 Å². The van der Waals surface area contributed by atoms with E-state index in [2.05, 4.69) is 17.2 Å². The van der Waals surface area contributed by atoms with E-state index in [4.69, 9.17) is 4.74 Å². The molecule has 3 rings (SSSR count). The minimum Gasteiger partial charge on any atom is -0.494 e. The maximum absolute atomic E-state index is 10.6. The van der Waals surface area contributed by atoms with Crippen LogP contribution in [0.3, 0.4) is 0 Å². The smallest absolute Gasteiger partial charge is 0.220 e. The van der Waals surface area contributed by atoms with Gasteiger partial charge in [-0.05, 0) is 24.6 Å². The van der Waals surface area contributed by atoms with Crippen molar-refractivity contribution in [2.45, 2.75) is 26.3 Å². The molecule has 0 unspecified atom stereocenters. The number of azo groups is 1. The van der Waals surface area contributed by atoms with Crippen molar-refractivity contribution >= 4 is 22.3 Å². The molecule has 5 heteroatoms. The van der Waals surface area contributed by atoms with Crippen molar-refractivity contribution in [2.24, 2.45) is 10.2 Å². The van der Waals surface area contributed by atoms with Crippen LogP contribution in [-0.4, -0.2) is 16.8 Å². The summed E-state index contributed by atoms with van der Waals surface area (Å²) in [6.07, 6.45) is 2.05. The summed E-state index contributed by atoms with van der Waals surface area (Å²) in [7, 11) is 1.60. The van der Waals surface area contributed by atoms with E-state index < -0.39 is 0 Å². The van der Waals surface area contributed by atoms with Crippen LogP contribution in [-0.2, 0) is 6.54 Å². The van der Waals surface area contributed by atoms with Gasteiger partial charge in [-0.2, -0.15) is 0 Å². The van der Waals surface area contributed by atoms with Crippen LogP contribution in [0.4, 0.5) is 11.4 Å². The fraction of sp³-hybridized carbons (Fsp3) is 0.263. The molecular weight excluding hydrogens is 302 g/mol. The van der Waals surface area contributed by atoms with Gasteiger partial charge in [0, 0.05) is 11.9 Å². The molecule has 1 aromatic heterocycles. The minimum atomic E-state index is 0.156. The number of fused-ring (bicyclic) bond motifs is 1. The lowest BCUT2D eigenvalue weighted by molar-refractivity contribution is 0.415. The zero-order chi connectivity index (χ0) is 16.9. The van der Waals surface area contributed by atoms with Crippen LogP contribution < -0.4 is 4.74 Å². The van der Waals surface area contributed by atoms with E-state index in [-0.39, 0.29) is 5.88 Å². The number of aromatic nitrogens is 1. The number of nitrogens with zero attached hydrogens (tertiary/aromatic N) is 3. The number of hydrogen-bond acceptors (Lipinski definition) is 4. The molecule has 0 amide bonds. The summed E-state index contributed by atoms with van der Waals surface area (Å²) < 4.78 is 7.19. The first-order chi connectivity index (χ1) is 11.8. The van der Waals surface area contributed by atoms with Gasteiger partial charge in [-0.3, -0.25) is 0 Å².